The number of carbonyl (C=O) groups excluding carboxylic acids is 1. The third-order valence-corrected chi connectivity index (χ3v) is 6.01. The van der Waals surface area contributed by atoms with E-state index >= 15 is 0 Å². The third kappa shape index (κ3) is 4.78. The van der Waals surface area contributed by atoms with E-state index < -0.39 is 0 Å². The Labute approximate surface area is 179 Å². The monoisotopic (exact) mass is 408 g/mol. The minimum absolute atomic E-state index is 0.0257. The summed E-state index contributed by atoms with van der Waals surface area (Å²) in [6, 6.07) is 16.7. The minimum Gasteiger partial charge on any atom is -0.490 e. The maximum atomic E-state index is 12.9. The van der Waals surface area contributed by atoms with Crippen LogP contribution in [0.1, 0.15) is 56.3 Å². The summed E-state index contributed by atoms with van der Waals surface area (Å²) in [6.45, 7) is 7.02. The lowest BCUT2D eigenvalue weighted by Gasteiger charge is -2.27. The normalized spacial score (nSPS) is 20.0. The van der Waals surface area contributed by atoms with Crippen molar-refractivity contribution in [3.63, 3.8) is 0 Å². The summed E-state index contributed by atoms with van der Waals surface area (Å²) in [5.41, 5.74) is 2.36. The van der Waals surface area contributed by atoms with E-state index in [2.05, 4.69) is 48.3 Å². The zero-order chi connectivity index (χ0) is 20.9. The molecular formula is C25H32N2O3. The first-order valence-electron chi connectivity index (χ1n) is 11.1. The van der Waals surface area contributed by atoms with Gasteiger partial charge >= 0.3 is 0 Å². The minimum atomic E-state index is 0.0257. The Balaban J connectivity index is 1.44. The summed E-state index contributed by atoms with van der Waals surface area (Å²) < 4.78 is 11.6. The van der Waals surface area contributed by atoms with E-state index in [1.165, 1.54) is 5.56 Å². The van der Waals surface area contributed by atoms with Gasteiger partial charge in [-0.25, -0.2) is 0 Å². The van der Waals surface area contributed by atoms with E-state index in [1.54, 1.807) is 0 Å². The molecule has 2 aliphatic rings. The molecule has 0 bridgehead atoms. The molecule has 0 spiro atoms. The second-order valence-electron chi connectivity index (χ2n) is 8.59. The van der Waals surface area contributed by atoms with Crippen LogP contribution in [0.2, 0.25) is 0 Å². The molecule has 160 valence electrons. The van der Waals surface area contributed by atoms with Crippen LogP contribution in [0, 0.1) is 5.92 Å². The van der Waals surface area contributed by atoms with Crippen molar-refractivity contribution in [1.29, 1.82) is 0 Å². The molecule has 5 nitrogen and oxygen atoms in total. The number of hydrogen-bond donors (Lipinski definition) is 1. The Hall–Kier alpha value is -2.53. The fourth-order valence-electron chi connectivity index (χ4n) is 4.48. The largest absolute Gasteiger partial charge is 0.490 e. The van der Waals surface area contributed by atoms with Crippen LogP contribution in [-0.2, 0) is 4.79 Å². The summed E-state index contributed by atoms with van der Waals surface area (Å²) in [7, 11) is 0. The highest BCUT2D eigenvalue weighted by Crippen LogP contribution is 2.37. The molecule has 2 aromatic rings. The molecule has 1 fully saturated rings. The van der Waals surface area contributed by atoms with Crippen molar-refractivity contribution in [2.24, 2.45) is 5.92 Å². The molecule has 30 heavy (non-hydrogen) atoms. The Morgan fingerprint density at radius 3 is 2.60 bits per heavy atom. The molecule has 2 heterocycles. The van der Waals surface area contributed by atoms with Crippen molar-refractivity contribution in [3.05, 3.63) is 59.7 Å². The first kappa shape index (κ1) is 20.7. The van der Waals surface area contributed by atoms with Crippen molar-refractivity contribution >= 4 is 5.91 Å². The van der Waals surface area contributed by atoms with Crippen LogP contribution in [0.3, 0.4) is 0 Å². The quantitative estimate of drug-likeness (QED) is 0.765. The molecular weight excluding hydrogens is 376 g/mol. The number of rotatable bonds is 6. The maximum absolute atomic E-state index is 12.9. The van der Waals surface area contributed by atoms with E-state index in [0.29, 0.717) is 25.7 Å². The molecule has 0 saturated carbocycles. The number of ether oxygens (including phenoxy) is 2. The molecule has 4 rings (SSSR count). The number of benzene rings is 2. The van der Waals surface area contributed by atoms with Gasteiger partial charge in [0.2, 0.25) is 5.91 Å². The van der Waals surface area contributed by atoms with E-state index in [0.717, 1.165) is 42.9 Å². The average molecular weight is 409 g/mol. The second kappa shape index (κ2) is 9.52. The highest BCUT2D eigenvalue weighted by atomic mass is 16.5. The van der Waals surface area contributed by atoms with E-state index in [1.807, 2.05) is 24.3 Å². The summed E-state index contributed by atoms with van der Waals surface area (Å²) in [6.07, 6.45) is 3.05. The fraction of sp³-hybridized carbons (Fsp3) is 0.480. The molecule has 0 radical (unpaired) electrons. The van der Waals surface area contributed by atoms with Crippen LogP contribution < -0.4 is 14.8 Å². The number of hydrogen-bond acceptors (Lipinski definition) is 4. The molecule has 1 saturated heterocycles. The highest BCUT2D eigenvalue weighted by molar-refractivity contribution is 5.78. The van der Waals surface area contributed by atoms with Gasteiger partial charge in [-0.1, -0.05) is 50.2 Å². The second-order valence-corrected chi connectivity index (χ2v) is 8.59. The Kier molecular flexibility index (Phi) is 6.58. The van der Waals surface area contributed by atoms with E-state index in [-0.39, 0.29) is 18.0 Å². The number of likely N-dealkylation sites (tertiary alicyclic amines) is 1. The predicted molar refractivity (Wildman–Crippen MR) is 118 cm³/mol. The predicted octanol–water partition coefficient (Wildman–Crippen LogP) is 4.50. The van der Waals surface area contributed by atoms with Crippen molar-refractivity contribution < 1.29 is 14.3 Å². The number of fused-ring (bicyclic) bond motifs is 1. The van der Waals surface area contributed by atoms with Crippen molar-refractivity contribution in [3.8, 4) is 11.5 Å². The lowest BCUT2D eigenvalue weighted by molar-refractivity contribution is -0.123. The molecule has 0 unspecified atom stereocenters. The number of carbonyl (C=O) groups is 1. The van der Waals surface area contributed by atoms with Crippen LogP contribution in [0.15, 0.2) is 48.5 Å². The molecule has 2 aliphatic heterocycles. The fourth-order valence-corrected chi connectivity index (χ4v) is 4.48. The summed E-state index contributed by atoms with van der Waals surface area (Å²) in [5.74, 6) is 2.05. The SMILES string of the molecule is CC(C)[C@H](NC(=O)CN1CCC[C@@H]1c1ccc2c(c1)OCCCO2)c1ccccc1. The van der Waals surface area contributed by atoms with Gasteiger partial charge in [-0.3, -0.25) is 9.69 Å². The Morgan fingerprint density at radius 2 is 1.83 bits per heavy atom. The van der Waals surface area contributed by atoms with Crippen LogP contribution >= 0.6 is 0 Å². The van der Waals surface area contributed by atoms with E-state index in [9.17, 15) is 4.79 Å². The summed E-state index contributed by atoms with van der Waals surface area (Å²) in [4.78, 5) is 15.2. The smallest absolute Gasteiger partial charge is 0.234 e. The molecule has 5 heteroatoms. The Bertz CT molecular complexity index is 853. The number of nitrogens with zero attached hydrogens (tertiary/aromatic N) is 1. The lowest BCUT2D eigenvalue weighted by Crippen LogP contribution is -2.40. The van der Waals surface area contributed by atoms with Gasteiger partial charge in [0.05, 0.1) is 25.8 Å². The topological polar surface area (TPSA) is 50.8 Å². The lowest BCUT2D eigenvalue weighted by atomic mass is 9.96. The molecule has 0 aromatic heterocycles. The van der Waals surface area contributed by atoms with Gasteiger partial charge in [-0.05, 0) is 48.6 Å². The van der Waals surface area contributed by atoms with Gasteiger partial charge in [-0.2, -0.15) is 0 Å². The van der Waals surface area contributed by atoms with Gasteiger partial charge in [0.15, 0.2) is 11.5 Å². The highest BCUT2D eigenvalue weighted by Gasteiger charge is 2.29. The van der Waals surface area contributed by atoms with Gasteiger partial charge in [0, 0.05) is 12.5 Å². The average Bonchev–Trinajstić information content (AvgIpc) is 3.07. The molecule has 2 aromatic carbocycles. The molecule has 1 N–H and O–H groups in total. The van der Waals surface area contributed by atoms with Crippen molar-refractivity contribution in [2.45, 2.75) is 45.2 Å². The van der Waals surface area contributed by atoms with Crippen molar-refractivity contribution in [2.75, 3.05) is 26.3 Å². The van der Waals surface area contributed by atoms with Gasteiger partial charge in [0.25, 0.3) is 0 Å². The molecule has 0 aliphatic carbocycles. The molecule has 1 amide bonds. The van der Waals surface area contributed by atoms with Crippen LogP contribution in [0.25, 0.3) is 0 Å². The number of amides is 1. The standard InChI is InChI=1S/C25H32N2O3/c1-18(2)25(19-8-4-3-5-9-19)26-24(28)17-27-13-6-10-21(27)20-11-12-22-23(16-20)30-15-7-14-29-22/h3-5,8-9,11-12,16,18,21,25H,6-7,10,13-15,17H2,1-2H3,(H,26,28)/t21-,25+/m1/s1. The maximum Gasteiger partial charge on any atom is 0.234 e. The zero-order valence-electron chi connectivity index (χ0n) is 18.0. The van der Waals surface area contributed by atoms with Gasteiger partial charge < -0.3 is 14.8 Å². The van der Waals surface area contributed by atoms with E-state index in [4.69, 9.17) is 9.47 Å². The summed E-state index contributed by atoms with van der Waals surface area (Å²) in [5, 5.41) is 3.26. The zero-order valence-corrected chi connectivity index (χ0v) is 18.0. The van der Waals surface area contributed by atoms with Crippen LogP contribution in [0.5, 0.6) is 11.5 Å². The van der Waals surface area contributed by atoms with Crippen LogP contribution in [0.4, 0.5) is 0 Å². The van der Waals surface area contributed by atoms with Crippen LogP contribution in [-0.4, -0.2) is 37.1 Å². The Morgan fingerprint density at radius 1 is 1.07 bits per heavy atom. The molecule has 2 atom stereocenters. The van der Waals surface area contributed by atoms with Crippen molar-refractivity contribution in [1.82, 2.24) is 10.2 Å². The number of nitrogens with one attached hydrogen (secondary N) is 1. The first-order valence-corrected chi connectivity index (χ1v) is 11.1. The first-order chi connectivity index (χ1) is 14.6. The summed E-state index contributed by atoms with van der Waals surface area (Å²) >= 11 is 0. The van der Waals surface area contributed by atoms with Gasteiger partial charge in [0.1, 0.15) is 0 Å². The third-order valence-electron chi connectivity index (χ3n) is 6.01. The van der Waals surface area contributed by atoms with Gasteiger partial charge in [-0.15, -0.1) is 0 Å².